The molecule has 0 aliphatic carbocycles. The molecule has 0 saturated carbocycles. The molecule has 11 heteroatoms. The van der Waals surface area contributed by atoms with Crippen LogP contribution in [-0.2, 0) is 14.4 Å². The van der Waals surface area contributed by atoms with E-state index in [9.17, 15) is 19.2 Å². The van der Waals surface area contributed by atoms with Crippen molar-refractivity contribution in [1.82, 2.24) is 9.80 Å². The van der Waals surface area contributed by atoms with Crippen LogP contribution in [-0.4, -0.2) is 66.0 Å². The van der Waals surface area contributed by atoms with Crippen molar-refractivity contribution >= 4 is 69.2 Å². The molecule has 0 unspecified atom stereocenters. The predicted molar refractivity (Wildman–Crippen MR) is 248 cm³/mol. The van der Waals surface area contributed by atoms with E-state index in [0.717, 1.165) is 31.8 Å². The lowest BCUT2D eigenvalue weighted by molar-refractivity contribution is -0.143. The summed E-state index contributed by atoms with van der Waals surface area (Å²) in [4.78, 5) is 55.3. The second-order valence-electron chi connectivity index (χ2n) is 15.4. The summed E-state index contributed by atoms with van der Waals surface area (Å²) in [5, 5.41) is 7.95. The van der Waals surface area contributed by atoms with Gasteiger partial charge in [0, 0.05) is 73.4 Å². The summed E-state index contributed by atoms with van der Waals surface area (Å²) < 4.78 is 11.6. The fraction of sp³-hybridized carbons (Fsp3) is 0.280. The minimum Gasteiger partial charge on any atom is -0.481 e. The third-order valence-electron chi connectivity index (χ3n) is 11.3. The fourth-order valence-corrected chi connectivity index (χ4v) is 12.9. The highest BCUT2D eigenvalue weighted by Gasteiger charge is 2.44. The van der Waals surface area contributed by atoms with Crippen molar-refractivity contribution in [2.24, 2.45) is 0 Å². The SMILES string of the molecule is CCCC(=O)Nc1ccc(-c2cc(=O)oc3cc(O[C@H](C)C(=O)N4CCN(C(=O)CCCCC[P+](c5ccccc5)(c5ccccc5)c5ccccc5)CC4)ccc23)c(Cl)c1. The number of benzene rings is 5. The number of carbonyl (C=O) groups is 3. The van der Waals surface area contributed by atoms with Crippen LogP contribution in [0.25, 0.3) is 22.1 Å². The molecule has 1 atom stereocenters. The summed E-state index contributed by atoms with van der Waals surface area (Å²) in [6.07, 6.45) is 4.61. The number of hydrogen-bond acceptors (Lipinski definition) is 6. The lowest BCUT2D eigenvalue weighted by Crippen LogP contribution is -2.53. The summed E-state index contributed by atoms with van der Waals surface area (Å²) in [5.41, 5.74) is 1.47. The maximum absolute atomic E-state index is 13.5. The average molecular weight is 857 g/mol. The van der Waals surface area contributed by atoms with Gasteiger partial charge in [0.05, 0.1) is 11.2 Å². The highest BCUT2D eigenvalue weighted by molar-refractivity contribution is 7.95. The minimum absolute atomic E-state index is 0.0991. The van der Waals surface area contributed by atoms with Gasteiger partial charge in [0.25, 0.3) is 5.91 Å². The molecule has 9 nitrogen and oxygen atoms in total. The molecule has 314 valence electrons. The Morgan fingerprint density at radius 1 is 0.721 bits per heavy atom. The number of anilines is 1. The molecule has 0 spiro atoms. The van der Waals surface area contributed by atoms with Crippen molar-refractivity contribution in [3.8, 4) is 16.9 Å². The first-order valence-electron chi connectivity index (χ1n) is 21.1. The van der Waals surface area contributed by atoms with Crippen molar-refractivity contribution in [2.45, 2.75) is 58.5 Å². The number of nitrogens with one attached hydrogen (secondary N) is 1. The monoisotopic (exact) mass is 856 g/mol. The van der Waals surface area contributed by atoms with E-state index in [2.05, 4.69) is 96.3 Å². The molecule has 7 rings (SSSR count). The molecule has 0 bridgehead atoms. The maximum atomic E-state index is 13.5. The van der Waals surface area contributed by atoms with Gasteiger partial charge >= 0.3 is 5.63 Å². The van der Waals surface area contributed by atoms with E-state index in [-0.39, 0.29) is 23.3 Å². The van der Waals surface area contributed by atoms with Crippen LogP contribution in [0.1, 0.15) is 52.4 Å². The molecule has 1 N–H and O–H groups in total. The molecule has 1 aliphatic rings. The smallest absolute Gasteiger partial charge is 0.336 e. The van der Waals surface area contributed by atoms with Crippen molar-refractivity contribution < 1.29 is 23.5 Å². The number of carbonyl (C=O) groups excluding carboxylic acids is 3. The molecule has 1 fully saturated rings. The van der Waals surface area contributed by atoms with Gasteiger partial charge in [0.1, 0.15) is 34.5 Å². The first kappa shape index (κ1) is 43.3. The molecular weight excluding hydrogens is 805 g/mol. The molecule has 1 saturated heterocycles. The Morgan fingerprint density at radius 2 is 1.33 bits per heavy atom. The van der Waals surface area contributed by atoms with E-state index in [1.54, 1.807) is 48.2 Å². The second-order valence-corrected chi connectivity index (χ2v) is 19.5. The van der Waals surface area contributed by atoms with Gasteiger partial charge < -0.3 is 24.3 Å². The van der Waals surface area contributed by atoms with Gasteiger partial charge in [-0.1, -0.05) is 79.2 Å². The highest BCUT2D eigenvalue weighted by Crippen LogP contribution is 2.56. The summed E-state index contributed by atoms with van der Waals surface area (Å²) in [5.74, 6) is 0.221. The second kappa shape index (κ2) is 20.2. The van der Waals surface area contributed by atoms with Crippen molar-refractivity contribution in [3.05, 3.63) is 149 Å². The number of piperazine rings is 1. The number of amides is 3. The lowest BCUT2D eigenvalue weighted by Gasteiger charge is -2.36. The predicted octanol–water partition coefficient (Wildman–Crippen LogP) is 8.84. The average Bonchev–Trinajstić information content (AvgIpc) is 3.28. The molecule has 2 heterocycles. The van der Waals surface area contributed by atoms with Gasteiger partial charge in [0.15, 0.2) is 6.10 Å². The zero-order valence-electron chi connectivity index (χ0n) is 34.7. The normalized spacial score (nSPS) is 13.5. The van der Waals surface area contributed by atoms with Crippen molar-refractivity contribution in [3.63, 3.8) is 0 Å². The number of rotatable bonds is 16. The van der Waals surface area contributed by atoms with Gasteiger partial charge in [-0.2, -0.15) is 0 Å². The van der Waals surface area contributed by atoms with Gasteiger partial charge in [-0.15, -0.1) is 0 Å². The molecular formula is C50H52ClN3O6P+. The van der Waals surface area contributed by atoms with Crippen LogP contribution < -0.4 is 31.6 Å². The van der Waals surface area contributed by atoms with E-state index < -0.39 is 19.0 Å². The Kier molecular flexibility index (Phi) is 14.4. The molecule has 61 heavy (non-hydrogen) atoms. The molecule has 5 aromatic carbocycles. The third kappa shape index (κ3) is 10.2. The van der Waals surface area contributed by atoms with E-state index in [0.29, 0.717) is 72.0 Å². The molecule has 0 radical (unpaired) electrons. The zero-order valence-corrected chi connectivity index (χ0v) is 36.4. The van der Waals surface area contributed by atoms with Crippen LogP contribution in [0.15, 0.2) is 143 Å². The molecule has 3 amide bonds. The Morgan fingerprint density at radius 3 is 1.92 bits per heavy atom. The maximum Gasteiger partial charge on any atom is 0.336 e. The van der Waals surface area contributed by atoms with E-state index in [1.165, 1.54) is 22.0 Å². The number of ether oxygens (including phenoxy) is 1. The van der Waals surface area contributed by atoms with Crippen molar-refractivity contribution in [1.29, 1.82) is 0 Å². The van der Waals surface area contributed by atoms with Crippen LogP contribution in [0.5, 0.6) is 5.75 Å². The van der Waals surface area contributed by atoms with Crippen LogP contribution in [0, 0.1) is 0 Å². The van der Waals surface area contributed by atoms with Crippen LogP contribution in [0.3, 0.4) is 0 Å². The number of hydrogen-bond donors (Lipinski definition) is 1. The Bertz CT molecular complexity index is 2410. The van der Waals surface area contributed by atoms with Gasteiger partial charge in [-0.3, -0.25) is 14.4 Å². The molecule has 1 aliphatic heterocycles. The fourth-order valence-electron chi connectivity index (χ4n) is 8.23. The molecule has 1 aromatic heterocycles. The summed E-state index contributed by atoms with van der Waals surface area (Å²) in [6, 6.07) is 44.3. The van der Waals surface area contributed by atoms with Crippen LogP contribution in [0.4, 0.5) is 5.69 Å². The van der Waals surface area contributed by atoms with E-state index >= 15 is 0 Å². The zero-order chi connectivity index (χ0) is 42.8. The van der Waals surface area contributed by atoms with Crippen molar-refractivity contribution in [2.75, 3.05) is 37.7 Å². The Hall–Kier alpha value is -5.76. The van der Waals surface area contributed by atoms with Crippen LogP contribution >= 0.6 is 18.9 Å². The highest BCUT2D eigenvalue weighted by atomic mass is 35.5. The van der Waals surface area contributed by atoms with Gasteiger partial charge in [-0.25, -0.2) is 4.79 Å². The summed E-state index contributed by atoms with van der Waals surface area (Å²) in [6.45, 7) is 5.42. The number of unbranched alkanes of at least 4 members (excludes halogenated alkanes) is 2. The van der Waals surface area contributed by atoms with E-state index in [4.69, 9.17) is 20.8 Å². The van der Waals surface area contributed by atoms with Gasteiger partial charge in [-0.05, 0) is 93.3 Å². The largest absolute Gasteiger partial charge is 0.481 e. The summed E-state index contributed by atoms with van der Waals surface area (Å²) in [7, 11) is -1.90. The Balaban J connectivity index is 0.914. The number of nitrogens with zero attached hydrogens (tertiary/aromatic N) is 2. The van der Waals surface area contributed by atoms with Gasteiger partial charge in [0.2, 0.25) is 11.8 Å². The Labute approximate surface area is 363 Å². The summed E-state index contributed by atoms with van der Waals surface area (Å²) >= 11 is 6.64. The topological polar surface area (TPSA) is 109 Å². The first-order chi connectivity index (χ1) is 29.7. The quantitative estimate of drug-likeness (QED) is 0.0592. The van der Waals surface area contributed by atoms with Crippen LogP contribution in [0.2, 0.25) is 5.02 Å². The number of halogens is 1. The van der Waals surface area contributed by atoms with E-state index in [1.807, 2.05) is 11.8 Å². The third-order valence-corrected chi connectivity index (χ3v) is 16.2. The number of fused-ring (bicyclic) bond motifs is 1. The first-order valence-corrected chi connectivity index (χ1v) is 23.5. The molecule has 6 aromatic rings. The standard InChI is InChI=1S/C50H51ClN3O6P/c1-3-16-47(55)52-37-24-26-42(45(51)33-37)44-35-49(57)60-46-34-38(25-27-43(44)46)59-36(2)50(58)54-30-28-53(29-31-54)48(56)23-14-7-15-32-61(39-17-8-4-9-18-39,40-19-10-5-11-20-40)41-21-12-6-13-22-41/h4-6,8-13,17-22,24-27,33-36H,3,7,14-16,23,28-32H2,1-2H3/p+1/t36-/m1/s1. The lowest BCUT2D eigenvalue weighted by atomic mass is 10.0. The minimum atomic E-state index is -1.90.